The van der Waals surface area contributed by atoms with Gasteiger partial charge in [-0.2, -0.15) is 26.3 Å². The summed E-state index contributed by atoms with van der Waals surface area (Å²) in [7, 11) is -4.54. The third kappa shape index (κ3) is 6.15. The molecule has 2 heterocycles. The number of nitrogens with zero attached hydrogens (tertiary/aromatic N) is 1. The summed E-state index contributed by atoms with van der Waals surface area (Å²) < 4.78 is 108. The van der Waals surface area contributed by atoms with Gasteiger partial charge in [0.1, 0.15) is 10.6 Å². The minimum atomic E-state index is -4.93. The molecule has 13 heteroatoms. The number of carbonyl (C=O) groups is 1. The zero-order valence-corrected chi connectivity index (χ0v) is 20.0. The monoisotopic (exact) mass is 556 g/mol. The third-order valence-electron chi connectivity index (χ3n) is 5.55. The Morgan fingerprint density at radius 2 is 1.66 bits per heavy atom. The molecule has 0 atom stereocenters. The fourth-order valence-electron chi connectivity index (χ4n) is 3.66. The van der Waals surface area contributed by atoms with E-state index in [-0.39, 0.29) is 29.6 Å². The van der Waals surface area contributed by atoms with Crippen molar-refractivity contribution in [1.82, 2.24) is 9.97 Å². The highest BCUT2D eigenvalue weighted by Gasteiger charge is 2.35. The van der Waals surface area contributed by atoms with E-state index in [2.05, 4.69) is 14.7 Å². The normalized spacial score (nSPS) is 12.6. The van der Waals surface area contributed by atoms with Gasteiger partial charge in [0, 0.05) is 29.7 Å². The van der Waals surface area contributed by atoms with Crippen LogP contribution in [-0.4, -0.2) is 37.0 Å². The lowest BCUT2D eigenvalue weighted by molar-refractivity contribution is -0.154. The highest BCUT2D eigenvalue weighted by atomic mass is 32.2. The fourth-order valence-corrected chi connectivity index (χ4v) is 5.03. The first-order valence-electron chi connectivity index (χ1n) is 10.9. The molecule has 200 valence electrons. The molecule has 0 saturated heterocycles. The topological polar surface area (TPSA) is 89.1 Å². The van der Waals surface area contributed by atoms with Gasteiger partial charge in [0.15, 0.2) is 12.4 Å². The number of benzene rings is 2. The van der Waals surface area contributed by atoms with Crippen LogP contribution in [0.4, 0.5) is 26.3 Å². The average Bonchev–Trinajstić information content (AvgIpc) is 3.30. The summed E-state index contributed by atoms with van der Waals surface area (Å²) in [5.41, 5.74) is 0.372. The molecule has 4 aromatic rings. The number of sulfone groups is 1. The zero-order chi connectivity index (χ0) is 27.7. The lowest BCUT2D eigenvalue weighted by Crippen LogP contribution is -2.20. The Hall–Kier alpha value is -3.87. The summed E-state index contributed by atoms with van der Waals surface area (Å²) in [4.78, 5) is 18.3. The quantitative estimate of drug-likeness (QED) is 0.207. The molecule has 0 spiro atoms. The second-order valence-electron chi connectivity index (χ2n) is 8.28. The number of hydrogen-bond donors (Lipinski definition) is 1. The predicted octanol–water partition coefficient (Wildman–Crippen LogP) is 6.17. The van der Waals surface area contributed by atoms with Crippen LogP contribution in [0.15, 0.2) is 76.8 Å². The van der Waals surface area contributed by atoms with Crippen molar-refractivity contribution in [2.75, 3.05) is 6.61 Å². The minimum Gasteiger partial charge on any atom is -0.483 e. The molecule has 6 nitrogen and oxygen atoms in total. The lowest BCUT2D eigenvalue weighted by atomic mass is 10.1. The van der Waals surface area contributed by atoms with E-state index in [1.165, 1.54) is 12.1 Å². The fraction of sp³-hybridized carbons (Fsp3) is 0.200. The zero-order valence-electron chi connectivity index (χ0n) is 19.2. The van der Waals surface area contributed by atoms with E-state index in [9.17, 15) is 39.6 Å². The van der Waals surface area contributed by atoms with Gasteiger partial charge in [0.25, 0.3) is 0 Å². The maximum atomic E-state index is 13.1. The number of aryl methyl sites for hydroxylation is 1. The molecule has 4 rings (SSSR count). The second kappa shape index (κ2) is 10.1. The first kappa shape index (κ1) is 27.2. The van der Waals surface area contributed by atoms with E-state index in [1.807, 2.05) is 0 Å². The highest BCUT2D eigenvalue weighted by Crippen LogP contribution is 2.37. The Morgan fingerprint density at radius 1 is 0.947 bits per heavy atom. The standard InChI is InChI=1S/C25H18F6N2O4S/c26-24(27,28)14-37-22-12-17(25(29,30)31)4-8-23(22)38(35,36)18-5-1-15(2-6-18)3-7-21(34)20-11-16-13-32-10-9-19(16)33-20/h1-2,4-6,8-13,33H,3,7,14H2. The van der Waals surface area contributed by atoms with Crippen LogP contribution >= 0.6 is 0 Å². The van der Waals surface area contributed by atoms with Gasteiger partial charge < -0.3 is 9.72 Å². The molecule has 0 amide bonds. The molecule has 1 N–H and O–H groups in total. The van der Waals surface area contributed by atoms with Gasteiger partial charge >= 0.3 is 12.4 Å². The number of nitrogens with one attached hydrogen (secondary N) is 1. The smallest absolute Gasteiger partial charge is 0.422 e. The number of hydrogen-bond acceptors (Lipinski definition) is 5. The Labute approximate surface area is 212 Å². The van der Waals surface area contributed by atoms with Gasteiger partial charge in [-0.25, -0.2) is 8.42 Å². The van der Waals surface area contributed by atoms with Crippen LogP contribution in [0.5, 0.6) is 5.75 Å². The minimum absolute atomic E-state index is 0.0979. The summed E-state index contributed by atoms with van der Waals surface area (Å²) in [5, 5.41) is 0.771. The van der Waals surface area contributed by atoms with Crippen molar-refractivity contribution in [3.8, 4) is 5.75 Å². The van der Waals surface area contributed by atoms with Gasteiger partial charge in [-0.05, 0) is 54.4 Å². The third-order valence-corrected chi connectivity index (χ3v) is 7.36. The van der Waals surface area contributed by atoms with Gasteiger partial charge in [0.05, 0.1) is 16.2 Å². The van der Waals surface area contributed by atoms with Crippen LogP contribution in [0.1, 0.15) is 28.0 Å². The lowest BCUT2D eigenvalue weighted by Gasteiger charge is -2.16. The number of H-pyrrole nitrogens is 1. The number of halogens is 6. The molecule has 0 radical (unpaired) electrons. The Kier molecular flexibility index (Phi) is 7.24. The Balaban J connectivity index is 1.53. The first-order chi connectivity index (χ1) is 17.7. The van der Waals surface area contributed by atoms with Crippen molar-refractivity contribution in [2.24, 2.45) is 0 Å². The van der Waals surface area contributed by atoms with Crippen molar-refractivity contribution >= 4 is 26.5 Å². The number of fused-ring (bicyclic) bond motifs is 1. The molecule has 0 fully saturated rings. The van der Waals surface area contributed by atoms with Gasteiger partial charge in [-0.15, -0.1) is 0 Å². The SMILES string of the molecule is O=C(CCc1ccc(S(=O)(=O)c2ccc(C(F)(F)F)cc2OCC(F)(F)F)cc1)c1cc2cnccc2[nH]1. The molecule has 0 unspecified atom stereocenters. The molecular weight excluding hydrogens is 538 g/mol. The maximum Gasteiger partial charge on any atom is 0.422 e. The summed E-state index contributed by atoms with van der Waals surface area (Å²) in [6.45, 7) is -1.98. The van der Waals surface area contributed by atoms with E-state index in [0.717, 1.165) is 23.0 Å². The first-order valence-corrected chi connectivity index (χ1v) is 12.4. The molecule has 0 aliphatic rings. The predicted molar refractivity (Wildman–Crippen MR) is 124 cm³/mol. The molecule has 2 aromatic carbocycles. The number of ether oxygens (including phenoxy) is 1. The number of Topliss-reactive ketones (excluding diaryl/α,β-unsaturated/α-hetero) is 1. The summed E-state index contributed by atoms with van der Waals surface area (Å²) in [6, 6.07) is 9.78. The van der Waals surface area contributed by atoms with Crippen molar-refractivity contribution < 1.29 is 44.3 Å². The molecule has 0 aliphatic heterocycles. The molecule has 2 aromatic heterocycles. The van der Waals surface area contributed by atoms with E-state index >= 15 is 0 Å². The van der Waals surface area contributed by atoms with Gasteiger partial charge in [-0.1, -0.05) is 12.1 Å². The largest absolute Gasteiger partial charge is 0.483 e. The highest BCUT2D eigenvalue weighted by molar-refractivity contribution is 7.91. The van der Waals surface area contributed by atoms with Crippen molar-refractivity contribution in [2.45, 2.75) is 35.0 Å². The summed E-state index contributed by atoms with van der Waals surface area (Å²) >= 11 is 0. The van der Waals surface area contributed by atoms with E-state index < -0.39 is 45.0 Å². The van der Waals surface area contributed by atoms with Crippen molar-refractivity contribution in [3.05, 3.63) is 83.8 Å². The number of rotatable bonds is 8. The van der Waals surface area contributed by atoms with Crippen LogP contribution in [0.2, 0.25) is 0 Å². The van der Waals surface area contributed by atoms with Crippen LogP contribution in [0, 0.1) is 0 Å². The molecule has 0 aliphatic carbocycles. The Morgan fingerprint density at radius 3 is 2.29 bits per heavy atom. The van der Waals surface area contributed by atoms with Gasteiger partial charge in [-0.3, -0.25) is 9.78 Å². The number of alkyl halides is 6. The van der Waals surface area contributed by atoms with E-state index in [1.54, 1.807) is 24.5 Å². The van der Waals surface area contributed by atoms with Crippen LogP contribution in [0.25, 0.3) is 10.9 Å². The van der Waals surface area contributed by atoms with Crippen LogP contribution < -0.4 is 4.74 Å². The van der Waals surface area contributed by atoms with Crippen molar-refractivity contribution in [3.63, 3.8) is 0 Å². The number of ketones is 1. The van der Waals surface area contributed by atoms with Crippen LogP contribution in [0.3, 0.4) is 0 Å². The number of carbonyl (C=O) groups excluding carboxylic acids is 1. The molecule has 0 bridgehead atoms. The number of aromatic nitrogens is 2. The summed E-state index contributed by atoms with van der Waals surface area (Å²) in [6.07, 6.45) is -6.29. The van der Waals surface area contributed by atoms with E-state index in [4.69, 9.17) is 0 Å². The number of aromatic amines is 1. The maximum absolute atomic E-state index is 13.1. The molecular formula is C25H18F6N2O4S. The van der Waals surface area contributed by atoms with Crippen LogP contribution in [-0.2, 0) is 22.4 Å². The Bertz CT molecular complexity index is 1540. The average molecular weight is 556 g/mol. The van der Waals surface area contributed by atoms with Crippen molar-refractivity contribution in [1.29, 1.82) is 0 Å². The molecule has 38 heavy (non-hydrogen) atoms. The van der Waals surface area contributed by atoms with Gasteiger partial charge in [0.2, 0.25) is 9.84 Å². The second-order valence-corrected chi connectivity index (χ2v) is 10.2. The molecule has 0 saturated carbocycles. The summed E-state index contributed by atoms with van der Waals surface area (Å²) in [5.74, 6) is -1.26. The van der Waals surface area contributed by atoms with E-state index in [0.29, 0.717) is 23.4 Å². The number of pyridine rings is 1.